The lowest BCUT2D eigenvalue weighted by molar-refractivity contribution is 0.0392. The van der Waals surface area contributed by atoms with E-state index in [2.05, 4.69) is 10.1 Å². The molecule has 2 heterocycles. The number of aromatic nitrogens is 2. The summed E-state index contributed by atoms with van der Waals surface area (Å²) in [6, 6.07) is 9.42. The summed E-state index contributed by atoms with van der Waals surface area (Å²) in [6.07, 6.45) is 2.78. The highest BCUT2D eigenvalue weighted by molar-refractivity contribution is 7.90. The van der Waals surface area contributed by atoms with Gasteiger partial charge >= 0.3 is 5.97 Å². The summed E-state index contributed by atoms with van der Waals surface area (Å²) in [7, 11) is -3.62. The summed E-state index contributed by atoms with van der Waals surface area (Å²) in [4.78, 5) is 16.5. The van der Waals surface area contributed by atoms with Crippen LogP contribution in [-0.2, 0) is 33.4 Å². The third-order valence-corrected chi connectivity index (χ3v) is 5.37. The number of nitrogens with zero attached hydrogens (tertiary/aromatic N) is 2. The van der Waals surface area contributed by atoms with E-state index in [9.17, 15) is 13.2 Å². The lowest BCUT2D eigenvalue weighted by Crippen LogP contribution is -2.10. The van der Waals surface area contributed by atoms with E-state index >= 15 is 0 Å². The Bertz CT molecular complexity index is 1010. The summed E-state index contributed by atoms with van der Waals surface area (Å²) in [5, 5.41) is 3.77. The third kappa shape index (κ3) is 4.62. The van der Waals surface area contributed by atoms with Crippen LogP contribution in [0.5, 0.6) is 0 Å². The van der Waals surface area contributed by atoms with Crippen LogP contribution in [0.3, 0.4) is 0 Å². The minimum atomic E-state index is -3.62. The molecule has 1 aromatic carbocycles. The Morgan fingerprint density at radius 2 is 1.96 bits per heavy atom. The molecule has 0 saturated carbocycles. The first-order chi connectivity index (χ1) is 13.0. The van der Waals surface area contributed by atoms with Crippen molar-refractivity contribution in [3.8, 4) is 0 Å². The van der Waals surface area contributed by atoms with Crippen LogP contribution in [0.2, 0.25) is 0 Å². The van der Waals surface area contributed by atoms with Crippen LogP contribution in [-0.4, -0.2) is 24.5 Å². The second-order valence-corrected chi connectivity index (χ2v) is 7.77. The van der Waals surface area contributed by atoms with Crippen molar-refractivity contribution in [3.63, 3.8) is 0 Å². The summed E-state index contributed by atoms with van der Waals surface area (Å²) < 4.78 is 40.2. The molecule has 0 bridgehead atoms. The van der Waals surface area contributed by atoms with Gasteiger partial charge in [0.1, 0.15) is 0 Å². The van der Waals surface area contributed by atoms with Crippen LogP contribution in [0.25, 0.3) is 0 Å². The quantitative estimate of drug-likeness (QED) is 0.540. The summed E-state index contributed by atoms with van der Waals surface area (Å²) in [5.74, 6) is -0.636. The molecule has 142 valence electrons. The van der Waals surface area contributed by atoms with Crippen LogP contribution in [0.1, 0.15) is 41.2 Å². The molecule has 0 saturated heterocycles. The van der Waals surface area contributed by atoms with Crippen LogP contribution in [0.15, 0.2) is 56.5 Å². The van der Waals surface area contributed by atoms with E-state index in [1.165, 1.54) is 24.5 Å². The molecule has 0 fully saturated rings. The van der Waals surface area contributed by atoms with Crippen LogP contribution < -0.4 is 0 Å². The van der Waals surface area contributed by atoms with Crippen LogP contribution >= 0.6 is 0 Å². The number of sulfone groups is 1. The topological polar surface area (TPSA) is 112 Å². The molecule has 3 aromatic rings. The van der Waals surface area contributed by atoms with Crippen molar-refractivity contribution in [2.45, 2.75) is 37.0 Å². The zero-order valence-corrected chi connectivity index (χ0v) is 15.4. The molecule has 0 aliphatic rings. The van der Waals surface area contributed by atoms with Gasteiger partial charge in [0.25, 0.3) is 5.89 Å². The van der Waals surface area contributed by atoms with E-state index in [4.69, 9.17) is 13.7 Å². The lowest BCUT2D eigenvalue weighted by atomic mass is 10.3. The number of rotatable bonds is 8. The first-order valence-electron chi connectivity index (χ1n) is 8.32. The van der Waals surface area contributed by atoms with Gasteiger partial charge in [-0.3, -0.25) is 0 Å². The van der Waals surface area contributed by atoms with Crippen LogP contribution in [0.4, 0.5) is 0 Å². The molecule has 9 heteroatoms. The van der Waals surface area contributed by atoms with Crippen molar-refractivity contribution >= 4 is 15.8 Å². The average molecular weight is 390 g/mol. The van der Waals surface area contributed by atoms with Crippen LogP contribution in [0, 0.1) is 0 Å². The summed E-state index contributed by atoms with van der Waals surface area (Å²) in [6.45, 7) is 1.76. The number of aryl methyl sites for hydroxylation is 1. The maximum Gasteiger partial charge on any atom is 0.375 e. The molecule has 0 atom stereocenters. The van der Waals surface area contributed by atoms with Crippen molar-refractivity contribution in [2.24, 2.45) is 0 Å². The highest BCUT2D eigenvalue weighted by Crippen LogP contribution is 2.20. The molecule has 0 unspecified atom stereocenters. The number of furan rings is 1. The highest BCUT2D eigenvalue weighted by atomic mass is 32.2. The molecule has 27 heavy (non-hydrogen) atoms. The number of benzene rings is 1. The van der Waals surface area contributed by atoms with Crippen molar-refractivity contribution in [3.05, 3.63) is 65.7 Å². The van der Waals surface area contributed by atoms with E-state index in [-0.39, 0.29) is 34.5 Å². The van der Waals surface area contributed by atoms with Gasteiger partial charge < -0.3 is 13.7 Å². The fraction of sp³-hybridized carbons (Fsp3) is 0.278. The lowest BCUT2D eigenvalue weighted by Gasteiger charge is -2.05. The Hall–Kier alpha value is -2.94. The summed E-state index contributed by atoms with van der Waals surface area (Å²) >= 11 is 0. The predicted molar refractivity (Wildman–Crippen MR) is 93.5 cm³/mol. The predicted octanol–water partition coefficient (Wildman–Crippen LogP) is 2.95. The fourth-order valence-corrected chi connectivity index (χ4v) is 3.79. The standard InChI is InChI=1S/C18H18N2O6S/c1-2-6-15-19-16(26-20-15)11-25-18(21)17-13(9-10-24-17)12-27(22,23)14-7-4-3-5-8-14/h3-5,7-10H,2,6,11-12H2,1H3. The second kappa shape index (κ2) is 8.17. The minimum Gasteiger partial charge on any atom is -0.457 e. The smallest absolute Gasteiger partial charge is 0.375 e. The number of ether oxygens (including phenoxy) is 1. The molecular weight excluding hydrogens is 372 g/mol. The molecule has 0 aliphatic carbocycles. The Morgan fingerprint density at radius 3 is 2.70 bits per heavy atom. The van der Waals surface area contributed by atoms with Gasteiger partial charge in [-0.2, -0.15) is 4.98 Å². The van der Waals surface area contributed by atoms with Gasteiger partial charge in [-0.05, 0) is 24.6 Å². The van der Waals surface area contributed by atoms with E-state index in [0.29, 0.717) is 12.2 Å². The Balaban J connectivity index is 1.67. The van der Waals surface area contributed by atoms with Gasteiger partial charge in [-0.25, -0.2) is 13.2 Å². The molecule has 0 spiro atoms. The van der Waals surface area contributed by atoms with Gasteiger partial charge in [-0.15, -0.1) is 0 Å². The van der Waals surface area contributed by atoms with Gasteiger partial charge in [-0.1, -0.05) is 30.3 Å². The zero-order chi connectivity index (χ0) is 19.3. The molecule has 0 aliphatic heterocycles. The Morgan fingerprint density at radius 1 is 1.19 bits per heavy atom. The number of hydrogen-bond acceptors (Lipinski definition) is 8. The largest absolute Gasteiger partial charge is 0.457 e. The van der Waals surface area contributed by atoms with E-state index in [0.717, 1.165) is 6.42 Å². The SMILES string of the molecule is CCCc1noc(COC(=O)c2occc2CS(=O)(=O)c2ccccc2)n1. The molecule has 0 radical (unpaired) electrons. The molecular formula is C18H18N2O6S. The fourth-order valence-electron chi connectivity index (χ4n) is 2.41. The number of carbonyl (C=O) groups is 1. The first-order valence-corrected chi connectivity index (χ1v) is 9.97. The first kappa shape index (κ1) is 18.8. The summed E-state index contributed by atoms with van der Waals surface area (Å²) in [5.41, 5.74) is 0.223. The molecule has 2 aromatic heterocycles. The van der Waals surface area contributed by atoms with Crippen molar-refractivity contribution in [1.82, 2.24) is 10.1 Å². The van der Waals surface area contributed by atoms with Gasteiger partial charge in [0.15, 0.2) is 22.3 Å². The Kier molecular flexibility index (Phi) is 5.70. The molecule has 3 rings (SSSR count). The van der Waals surface area contributed by atoms with E-state index < -0.39 is 15.8 Å². The normalized spacial score (nSPS) is 11.4. The maximum atomic E-state index is 12.5. The minimum absolute atomic E-state index is 0.164. The second-order valence-electron chi connectivity index (χ2n) is 5.78. The van der Waals surface area contributed by atoms with Gasteiger partial charge in [0, 0.05) is 12.0 Å². The number of carbonyl (C=O) groups excluding carboxylic acids is 1. The Labute approximate surface area is 156 Å². The van der Waals surface area contributed by atoms with Crippen molar-refractivity contribution in [1.29, 1.82) is 0 Å². The van der Waals surface area contributed by atoms with E-state index in [1.54, 1.807) is 18.2 Å². The van der Waals surface area contributed by atoms with Crippen molar-refractivity contribution < 1.29 is 26.9 Å². The third-order valence-electron chi connectivity index (χ3n) is 3.69. The monoisotopic (exact) mass is 390 g/mol. The van der Waals surface area contributed by atoms with Gasteiger partial charge in [0.2, 0.25) is 5.76 Å². The number of esters is 1. The maximum absolute atomic E-state index is 12.5. The van der Waals surface area contributed by atoms with Gasteiger partial charge in [0.05, 0.1) is 16.9 Å². The molecule has 0 N–H and O–H groups in total. The molecule has 8 nitrogen and oxygen atoms in total. The van der Waals surface area contributed by atoms with Crippen molar-refractivity contribution in [2.75, 3.05) is 0 Å². The highest BCUT2D eigenvalue weighted by Gasteiger charge is 2.24. The zero-order valence-electron chi connectivity index (χ0n) is 14.6. The van der Waals surface area contributed by atoms with E-state index in [1.807, 2.05) is 6.92 Å². The average Bonchev–Trinajstić information content (AvgIpc) is 3.30. The number of hydrogen-bond donors (Lipinski definition) is 0. The molecule has 0 amide bonds.